The highest BCUT2D eigenvalue weighted by Gasteiger charge is 2.10. The van der Waals surface area contributed by atoms with Crippen molar-refractivity contribution < 1.29 is 8.42 Å². The van der Waals surface area contributed by atoms with Gasteiger partial charge in [0.05, 0.1) is 11.5 Å². The van der Waals surface area contributed by atoms with Gasteiger partial charge in [-0.1, -0.05) is 220 Å². The SMILES string of the molecule is CC(C)CCCCCCCCCCCCCCCCCS(=O)(=O)CCCCCCCCCCCCCCCCCC(C)C. The first-order valence-electron chi connectivity index (χ1n) is 20.0. The van der Waals surface area contributed by atoms with Crippen LogP contribution in [0.15, 0.2) is 0 Å². The van der Waals surface area contributed by atoms with Gasteiger partial charge in [-0.2, -0.15) is 0 Å². The van der Waals surface area contributed by atoms with E-state index >= 15 is 0 Å². The minimum atomic E-state index is -2.83. The predicted molar refractivity (Wildman–Crippen MR) is 196 cm³/mol. The first-order valence-corrected chi connectivity index (χ1v) is 21.9. The van der Waals surface area contributed by atoms with Crippen LogP contribution in [0.4, 0.5) is 0 Å². The normalized spacial score (nSPS) is 12.2. The van der Waals surface area contributed by atoms with Crippen LogP contribution in [0.3, 0.4) is 0 Å². The van der Waals surface area contributed by atoms with Gasteiger partial charge in [-0.3, -0.25) is 0 Å². The Morgan fingerprint density at radius 3 is 0.628 bits per heavy atom. The second-order valence-electron chi connectivity index (χ2n) is 15.1. The van der Waals surface area contributed by atoms with Crippen molar-refractivity contribution in [1.29, 1.82) is 0 Å². The maximum absolute atomic E-state index is 12.4. The molecule has 0 radical (unpaired) electrons. The summed E-state index contributed by atoms with van der Waals surface area (Å²) in [5, 5.41) is 0. The molecule has 2 nitrogen and oxygen atoms in total. The monoisotopic (exact) mass is 627 g/mol. The summed E-state index contributed by atoms with van der Waals surface area (Å²) in [4.78, 5) is 0. The fraction of sp³-hybridized carbons (Fsp3) is 1.00. The van der Waals surface area contributed by atoms with Gasteiger partial charge in [0.15, 0.2) is 0 Å². The summed E-state index contributed by atoms with van der Waals surface area (Å²) in [6, 6.07) is 0. The molecule has 0 heterocycles. The fourth-order valence-corrected chi connectivity index (χ4v) is 7.94. The van der Waals surface area contributed by atoms with Crippen LogP contribution in [-0.2, 0) is 9.84 Å². The first-order chi connectivity index (χ1) is 20.8. The summed E-state index contributed by atoms with van der Waals surface area (Å²) in [5.74, 6) is 2.58. The molecule has 0 aliphatic carbocycles. The first kappa shape index (κ1) is 43.0. The molecule has 0 fully saturated rings. The van der Waals surface area contributed by atoms with Crippen molar-refractivity contribution in [2.75, 3.05) is 11.5 Å². The molecule has 3 heteroatoms. The Hall–Kier alpha value is -0.0500. The molecule has 0 aliphatic rings. The minimum absolute atomic E-state index is 0.420. The number of sulfone groups is 1. The third-order valence-corrected chi connectivity index (χ3v) is 11.3. The molecule has 0 saturated carbocycles. The Morgan fingerprint density at radius 1 is 0.279 bits per heavy atom. The van der Waals surface area contributed by atoms with E-state index in [0.717, 1.165) is 37.5 Å². The molecule has 0 saturated heterocycles. The van der Waals surface area contributed by atoms with E-state index in [4.69, 9.17) is 0 Å². The molecule has 0 aromatic carbocycles. The second kappa shape index (κ2) is 33.3. The van der Waals surface area contributed by atoms with Crippen molar-refractivity contribution in [3.05, 3.63) is 0 Å². The van der Waals surface area contributed by atoms with Gasteiger partial charge in [0.25, 0.3) is 0 Å². The maximum atomic E-state index is 12.4. The summed E-state index contributed by atoms with van der Waals surface area (Å²) >= 11 is 0. The smallest absolute Gasteiger partial charge is 0.150 e. The van der Waals surface area contributed by atoms with Crippen LogP contribution in [0.5, 0.6) is 0 Å². The van der Waals surface area contributed by atoms with E-state index in [1.54, 1.807) is 0 Å². The minimum Gasteiger partial charge on any atom is -0.229 e. The largest absolute Gasteiger partial charge is 0.229 e. The van der Waals surface area contributed by atoms with Crippen molar-refractivity contribution in [3.8, 4) is 0 Å². The lowest BCUT2D eigenvalue weighted by Crippen LogP contribution is -2.11. The number of unbranched alkanes of at least 4 members (excludes halogenated alkanes) is 28. The van der Waals surface area contributed by atoms with Crippen molar-refractivity contribution in [2.24, 2.45) is 11.8 Å². The Balaban J connectivity index is 3.28. The molecule has 0 amide bonds. The quantitative estimate of drug-likeness (QED) is 0.0648. The van der Waals surface area contributed by atoms with Crippen LogP contribution in [0.25, 0.3) is 0 Å². The van der Waals surface area contributed by atoms with Crippen LogP contribution in [0.2, 0.25) is 0 Å². The Morgan fingerprint density at radius 2 is 0.442 bits per heavy atom. The average molecular weight is 627 g/mol. The Bertz CT molecular complexity index is 576. The van der Waals surface area contributed by atoms with Gasteiger partial charge in [-0.25, -0.2) is 8.42 Å². The van der Waals surface area contributed by atoms with E-state index in [2.05, 4.69) is 27.7 Å². The molecule has 0 aliphatic heterocycles. The molecule has 260 valence electrons. The standard InChI is InChI=1S/C40H82O2S/c1-39(2)35-31-27-23-19-15-11-7-5-9-13-17-21-25-29-33-37-43(41,42)38-34-30-26-22-18-14-10-6-8-12-16-20-24-28-32-36-40(3)4/h39-40H,5-38H2,1-4H3. The van der Waals surface area contributed by atoms with Gasteiger partial charge in [-0.05, 0) is 24.7 Å². The molecule has 0 spiro atoms. The van der Waals surface area contributed by atoms with Gasteiger partial charge in [-0.15, -0.1) is 0 Å². The van der Waals surface area contributed by atoms with E-state index in [-0.39, 0.29) is 0 Å². The lowest BCUT2D eigenvalue weighted by molar-refractivity contribution is 0.502. The van der Waals surface area contributed by atoms with Crippen LogP contribution >= 0.6 is 0 Å². The van der Waals surface area contributed by atoms with Crippen LogP contribution in [0.1, 0.15) is 233 Å². The molecule has 0 bridgehead atoms. The fourth-order valence-electron chi connectivity index (χ4n) is 6.45. The number of hydrogen-bond donors (Lipinski definition) is 0. The zero-order valence-corrected chi connectivity index (χ0v) is 31.2. The maximum Gasteiger partial charge on any atom is 0.150 e. The van der Waals surface area contributed by atoms with Crippen LogP contribution in [-0.4, -0.2) is 19.9 Å². The predicted octanol–water partition coefficient (Wildman–Crippen LogP) is 14.2. The second-order valence-corrected chi connectivity index (χ2v) is 17.4. The summed E-state index contributed by atoms with van der Waals surface area (Å²) in [6.45, 7) is 9.32. The highest BCUT2D eigenvalue weighted by atomic mass is 32.2. The van der Waals surface area contributed by atoms with Gasteiger partial charge in [0.2, 0.25) is 0 Å². The van der Waals surface area contributed by atoms with E-state index in [9.17, 15) is 8.42 Å². The zero-order valence-electron chi connectivity index (χ0n) is 30.4. The van der Waals surface area contributed by atoms with Gasteiger partial charge in [0.1, 0.15) is 9.84 Å². The molecule has 43 heavy (non-hydrogen) atoms. The summed E-state index contributed by atoms with van der Waals surface area (Å²) in [7, 11) is -2.83. The zero-order chi connectivity index (χ0) is 31.7. The molecule has 0 atom stereocenters. The molecular formula is C40H82O2S. The van der Waals surface area contributed by atoms with E-state index in [1.165, 1.54) is 180 Å². The number of rotatable bonds is 36. The summed E-state index contributed by atoms with van der Waals surface area (Å²) < 4.78 is 24.7. The molecule has 0 unspecified atom stereocenters. The molecule has 0 N–H and O–H groups in total. The average Bonchev–Trinajstić information content (AvgIpc) is 2.96. The van der Waals surface area contributed by atoms with E-state index in [0.29, 0.717) is 11.5 Å². The molecule has 0 rings (SSSR count). The van der Waals surface area contributed by atoms with Crippen molar-refractivity contribution in [1.82, 2.24) is 0 Å². The van der Waals surface area contributed by atoms with Crippen molar-refractivity contribution in [3.63, 3.8) is 0 Å². The lowest BCUT2D eigenvalue weighted by Gasteiger charge is -2.06. The highest BCUT2D eigenvalue weighted by molar-refractivity contribution is 7.91. The topological polar surface area (TPSA) is 34.1 Å². The molecular weight excluding hydrogens is 545 g/mol. The van der Waals surface area contributed by atoms with Crippen molar-refractivity contribution in [2.45, 2.75) is 233 Å². The van der Waals surface area contributed by atoms with Crippen LogP contribution in [0, 0.1) is 11.8 Å². The van der Waals surface area contributed by atoms with Gasteiger partial charge in [0, 0.05) is 0 Å². The van der Waals surface area contributed by atoms with E-state index in [1.807, 2.05) is 0 Å². The van der Waals surface area contributed by atoms with Crippen molar-refractivity contribution >= 4 is 9.84 Å². The highest BCUT2D eigenvalue weighted by Crippen LogP contribution is 2.17. The summed E-state index contributed by atoms with van der Waals surface area (Å²) in [5.41, 5.74) is 0. The van der Waals surface area contributed by atoms with Gasteiger partial charge >= 0.3 is 0 Å². The third kappa shape index (κ3) is 38.0. The summed E-state index contributed by atoms with van der Waals surface area (Å²) in [6.07, 6.45) is 42.8. The molecule has 0 aromatic rings. The Kier molecular flexibility index (Phi) is 33.3. The number of hydrogen-bond acceptors (Lipinski definition) is 2. The van der Waals surface area contributed by atoms with Gasteiger partial charge < -0.3 is 0 Å². The Labute approximate surface area is 274 Å². The lowest BCUT2D eigenvalue weighted by atomic mass is 10.0. The van der Waals surface area contributed by atoms with E-state index < -0.39 is 9.84 Å². The third-order valence-electron chi connectivity index (χ3n) is 9.47. The van der Waals surface area contributed by atoms with Crippen LogP contribution < -0.4 is 0 Å². The molecule has 0 aromatic heterocycles.